The minimum atomic E-state index is -0.301. The summed E-state index contributed by atoms with van der Waals surface area (Å²) in [6.07, 6.45) is 6.37. The van der Waals surface area contributed by atoms with Crippen molar-refractivity contribution in [1.82, 2.24) is 19.4 Å². The molecule has 0 saturated carbocycles. The normalized spacial score (nSPS) is 20.2. The number of rotatable bonds is 7. The zero-order valence-corrected chi connectivity index (χ0v) is 16.2. The predicted octanol–water partition coefficient (Wildman–Crippen LogP) is 1.44. The van der Waals surface area contributed by atoms with Crippen molar-refractivity contribution in [3.05, 3.63) is 36.4 Å². The fraction of sp³-hybridized carbons (Fsp3) is 0.579. The van der Waals surface area contributed by atoms with Crippen molar-refractivity contribution in [2.45, 2.75) is 38.6 Å². The van der Waals surface area contributed by atoms with Gasteiger partial charge in [-0.2, -0.15) is 0 Å². The molecule has 1 aliphatic rings. The molecule has 0 aliphatic carbocycles. The Morgan fingerprint density at radius 2 is 2.08 bits per heavy atom. The zero-order valence-electron chi connectivity index (χ0n) is 16.2. The minimum Gasteiger partial charge on any atom is -0.391 e. The van der Waals surface area contributed by atoms with E-state index >= 15 is 0 Å². The third-order valence-electron chi connectivity index (χ3n) is 4.89. The molecule has 0 spiro atoms. The highest BCUT2D eigenvalue weighted by Gasteiger charge is 2.32. The molecule has 2 atom stereocenters. The first kappa shape index (κ1) is 18.7. The van der Waals surface area contributed by atoms with Gasteiger partial charge in [-0.1, -0.05) is 0 Å². The lowest BCUT2D eigenvalue weighted by molar-refractivity contribution is 0.191. The van der Waals surface area contributed by atoms with Gasteiger partial charge < -0.3 is 24.4 Å². The molecule has 7 nitrogen and oxygen atoms in total. The summed E-state index contributed by atoms with van der Waals surface area (Å²) >= 11 is 0. The van der Waals surface area contributed by atoms with Gasteiger partial charge in [-0.15, -0.1) is 0 Å². The van der Waals surface area contributed by atoms with Crippen LogP contribution in [0.5, 0.6) is 0 Å². The molecule has 3 rings (SSSR count). The molecule has 1 fully saturated rings. The molecule has 2 aromatic rings. The molecule has 3 heterocycles. The second-order valence-electron chi connectivity index (χ2n) is 7.40. The highest BCUT2D eigenvalue weighted by Crippen LogP contribution is 2.26. The van der Waals surface area contributed by atoms with Crippen molar-refractivity contribution in [3.8, 4) is 0 Å². The highest BCUT2D eigenvalue weighted by molar-refractivity contribution is 5.51. The fourth-order valence-corrected chi connectivity index (χ4v) is 3.61. The molecule has 0 unspecified atom stereocenters. The summed E-state index contributed by atoms with van der Waals surface area (Å²) in [5.41, 5.74) is 1.26. The quantitative estimate of drug-likeness (QED) is 0.808. The topological polar surface area (TPSA) is 60.7 Å². The number of nitrogens with zero attached hydrogens (tertiary/aromatic N) is 6. The molecule has 2 aromatic heterocycles. The summed E-state index contributed by atoms with van der Waals surface area (Å²) < 4.78 is 2.17. The molecule has 0 bridgehead atoms. The lowest BCUT2D eigenvalue weighted by Gasteiger charge is -2.28. The van der Waals surface area contributed by atoms with Crippen LogP contribution in [0.2, 0.25) is 0 Å². The van der Waals surface area contributed by atoms with Gasteiger partial charge in [0, 0.05) is 57.7 Å². The Kier molecular flexibility index (Phi) is 5.78. The van der Waals surface area contributed by atoms with Gasteiger partial charge in [0.05, 0.1) is 6.10 Å². The molecule has 7 heteroatoms. The molecular formula is C19H30N6O. The van der Waals surface area contributed by atoms with E-state index in [1.807, 2.05) is 13.1 Å². The van der Waals surface area contributed by atoms with Gasteiger partial charge in [-0.25, -0.2) is 9.97 Å². The molecule has 0 radical (unpaired) electrons. The first-order valence-corrected chi connectivity index (χ1v) is 9.23. The maximum absolute atomic E-state index is 10.1. The molecular weight excluding hydrogens is 328 g/mol. The maximum atomic E-state index is 10.1. The molecule has 0 amide bonds. The van der Waals surface area contributed by atoms with E-state index in [1.54, 1.807) is 6.33 Å². The summed E-state index contributed by atoms with van der Waals surface area (Å²) in [6, 6.07) is 4.44. The van der Waals surface area contributed by atoms with Crippen molar-refractivity contribution in [2.24, 2.45) is 0 Å². The zero-order chi connectivity index (χ0) is 18.7. The first-order valence-electron chi connectivity index (χ1n) is 9.23. The Hall–Kier alpha value is -2.12. The maximum Gasteiger partial charge on any atom is 0.134 e. The van der Waals surface area contributed by atoms with E-state index in [0.29, 0.717) is 6.54 Å². The van der Waals surface area contributed by atoms with Crippen molar-refractivity contribution in [2.75, 3.05) is 44.0 Å². The van der Waals surface area contributed by atoms with Crippen LogP contribution in [0.4, 0.5) is 11.6 Å². The van der Waals surface area contributed by atoms with E-state index < -0.39 is 0 Å². The Bertz CT molecular complexity index is 716. The lowest BCUT2D eigenvalue weighted by atomic mass is 10.2. The van der Waals surface area contributed by atoms with E-state index in [9.17, 15) is 5.11 Å². The van der Waals surface area contributed by atoms with E-state index in [-0.39, 0.29) is 12.1 Å². The Labute approximate surface area is 155 Å². The number of β-amino-alcohol motifs (C(OH)–C–C–N with tert-alkyl or cyclic N) is 1. The van der Waals surface area contributed by atoms with Crippen LogP contribution in [0.3, 0.4) is 0 Å². The number of hydrogen-bond acceptors (Lipinski definition) is 6. The fourth-order valence-electron chi connectivity index (χ4n) is 3.61. The second-order valence-corrected chi connectivity index (χ2v) is 7.40. The Balaban J connectivity index is 1.74. The van der Waals surface area contributed by atoms with Gasteiger partial charge >= 0.3 is 0 Å². The third kappa shape index (κ3) is 4.34. The molecule has 142 valence electrons. The molecule has 1 N–H and O–H groups in total. The highest BCUT2D eigenvalue weighted by atomic mass is 16.3. The van der Waals surface area contributed by atoms with Crippen LogP contribution in [0.1, 0.15) is 18.9 Å². The van der Waals surface area contributed by atoms with Crippen LogP contribution < -0.4 is 9.80 Å². The molecule has 1 aliphatic heterocycles. The van der Waals surface area contributed by atoms with Crippen LogP contribution >= 0.6 is 0 Å². The number of likely N-dealkylation sites (N-methyl/N-ethyl adjacent to an activating group) is 1. The van der Waals surface area contributed by atoms with E-state index in [1.165, 1.54) is 5.56 Å². The van der Waals surface area contributed by atoms with Crippen molar-refractivity contribution in [3.63, 3.8) is 0 Å². The van der Waals surface area contributed by atoms with Crippen molar-refractivity contribution in [1.29, 1.82) is 0 Å². The van der Waals surface area contributed by atoms with Gasteiger partial charge in [0.1, 0.15) is 18.0 Å². The minimum absolute atomic E-state index is 0.270. The Morgan fingerprint density at radius 3 is 2.77 bits per heavy atom. The number of anilines is 2. The smallest absolute Gasteiger partial charge is 0.134 e. The van der Waals surface area contributed by atoms with Crippen LogP contribution in [-0.4, -0.2) is 70.9 Å². The summed E-state index contributed by atoms with van der Waals surface area (Å²) in [5.74, 6) is 1.78. The number of hydrogen-bond donors (Lipinski definition) is 1. The van der Waals surface area contributed by atoms with Gasteiger partial charge in [-0.05, 0) is 39.1 Å². The van der Waals surface area contributed by atoms with Gasteiger partial charge in [0.15, 0.2) is 0 Å². The lowest BCUT2D eigenvalue weighted by Crippen LogP contribution is -2.38. The average Bonchev–Trinajstić information content (AvgIpc) is 3.20. The largest absolute Gasteiger partial charge is 0.391 e. The molecule has 1 saturated heterocycles. The second kappa shape index (κ2) is 8.05. The first-order chi connectivity index (χ1) is 12.5. The van der Waals surface area contributed by atoms with Crippen LogP contribution in [-0.2, 0) is 13.1 Å². The van der Waals surface area contributed by atoms with Gasteiger partial charge in [-0.3, -0.25) is 0 Å². The average molecular weight is 358 g/mol. The predicted molar refractivity (Wildman–Crippen MR) is 105 cm³/mol. The van der Waals surface area contributed by atoms with Crippen LogP contribution in [0, 0.1) is 0 Å². The van der Waals surface area contributed by atoms with Crippen molar-refractivity contribution >= 4 is 11.6 Å². The van der Waals surface area contributed by atoms with E-state index in [0.717, 1.165) is 37.7 Å². The Morgan fingerprint density at radius 1 is 1.27 bits per heavy atom. The number of aliphatic hydroxyl groups is 1. The van der Waals surface area contributed by atoms with Crippen LogP contribution in [0.15, 0.2) is 30.9 Å². The monoisotopic (exact) mass is 358 g/mol. The number of aliphatic hydroxyl groups excluding tert-OH is 1. The summed E-state index contributed by atoms with van der Waals surface area (Å²) in [4.78, 5) is 15.4. The SMILES string of the molecule is CCn1ccc(CN(C)c2cc(N3C[C@H](O)C[C@@H]3CN(C)C)ncn2)c1. The van der Waals surface area contributed by atoms with Crippen molar-refractivity contribution < 1.29 is 5.11 Å². The summed E-state index contributed by atoms with van der Waals surface area (Å²) in [7, 11) is 6.17. The van der Waals surface area contributed by atoms with Gasteiger partial charge in [0.25, 0.3) is 0 Å². The van der Waals surface area contributed by atoms with Gasteiger partial charge in [0.2, 0.25) is 0 Å². The third-order valence-corrected chi connectivity index (χ3v) is 4.89. The van der Waals surface area contributed by atoms with Crippen LogP contribution in [0.25, 0.3) is 0 Å². The van der Waals surface area contributed by atoms with E-state index in [2.05, 4.69) is 68.7 Å². The number of aromatic nitrogens is 3. The molecule has 26 heavy (non-hydrogen) atoms. The number of aryl methyl sites for hydroxylation is 1. The molecule has 0 aromatic carbocycles. The van der Waals surface area contributed by atoms with E-state index in [4.69, 9.17) is 0 Å². The summed E-state index contributed by atoms with van der Waals surface area (Å²) in [6.45, 7) is 5.44. The summed E-state index contributed by atoms with van der Waals surface area (Å²) in [5, 5.41) is 10.1. The standard InChI is InChI=1S/C19H30N6O/c1-5-24-7-6-15(11-24)10-23(4)18-9-19(21-14-20-18)25-13-17(26)8-16(25)12-22(2)3/h6-7,9,11,14,16-17,26H,5,8,10,12-13H2,1-4H3/t16-,17-/m1/s1.